The molecule has 0 bridgehead atoms. The molecule has 1 amide bonds. The molecular weight excluding hydrogens is 340 g/mol. The zero-order valence-corrected chi connectivity index (χ0v) is 15.3. The summed E-state index contributed by atoms with van der Waals surface area (Å²) in [6, 6.07) is 12.4. The number of benzene rings is 2. The van der Waals surface area contributed by atoms with Crippen molar-refractivity contribution in [1.29, 1.82) is 0 Å². The van der Waals surface area contributed by atoms with Crippen LogP contribution in [0.4, 0.5) is 5.69 Å². The predicted octanol–water partition coefficient (Wildman–Crippen LogP) is 2.70. The maximum Gasteiger partial charge on any atom is 0.242 e. The van der Waals surface area contributed by atoms with Gasteiger partial charge in [0.05, 0.1) is 17.5 Å². The van der Waals surface area contributed by atoms with Crippen LogP contribution in [0.1, 0.15) is 19.4 Å². The Labute approximate surface area is 148 Å². The number of aryl methyl sites for hydroxylation is 1. The van der Waals surface area contributed by atoms with Crippen LogP contribution < -0.4 is 14.8 Å². The van der Waals surface area contributed by atoms with Gasteiger partial charge in [-0.15, -0.1) is 0 Å². The summed E-state index contributed by atoms with van der Waals surface area (Å²) >= 11 is 0. The lowest BCUT2D eigenvalue weighted by molar-refractivity contribution is -0.117. The first kappa shape index (κ1) is 19.0. The first-order valence-electron chi connectivity index (χ1n) is 7.95. The molecule has 0 aliphatic carbocycles. The van der Waals surface area contributed by atoms with Crippen LogP contribution in [-0.2, 0) is 14.8 Å². The average molecular weight is 362 g/mol. The molecule has 0 heterocycles. The molecule has 2 N–H and O–H groups in total. The van der Waals surface area contributed by atoms with Gasteiger partial charge in [-0.05, 0) is 56.7 Å². The fraction of sp³-hybridized carbons (Fsp3) is 0.278. The van der Waals surface area contributed by atoms with E-state index in [2.05, 4.69) is 10.0 Å². The highest BCUT2D eigenvalue weighted by Crippen LogP contribution is 2.17. The summed E-state index contributed by atoms with van der Waals surface area (Å²) in [5.41, 5.74) is 1.55. The molecule has 134 valence electrons. The summed E-state index contributed by atoms with van der Waals surface area (Å²) in [6.45, 7) is 5.71. The number of ether oxygens (including phenoxy) is 1. The van der Waals surface area contributed by atoms with Crippen molar-refractivity contribution in [2.75, 3.05) is 11.9 Å². The van der Waals surface area contributed by atoms with E-state index in [1.807, 2.05) is 26.0 Å². The average Bonchev–Trinajstić information content (AvgIpc) is 2.57. The van der Waals surface area contributed by atoms with Crippen molar-refractivity contribution in [3.63, 3.8) is 0 Å². The highest BCUT2D eigenvalue weighted by atomic mass is 32.2. The monoisotopic (exact) mass is 362 g/mol. The molecule has 2 rings (SSSR count). The number of anilines is 1. The molecule has 6 nitrogen and oxygen atoms in total. The van der Waals surface area contributed by atoms with E-state index >= 15 is 0 Å². The van der Waals surface area contributed by atoms with Crippen LogP contribution >= 0.6 is 0 Å². The molecule has 0 aliphatic heterocycles. The molecule has 0 saturated heterocycles. The maximum absolute atomic E-state index is 12.4. The number of amides is 1. The summed E-state index contributed by atoms with van der Waals surface area (Å²) in [4.78, 5) is 12.3. The fourth-order valence-electron chi connectivity index (χ4n) is 2.19. The number of rotatable bonds is 7. The normalized spacial score (nSPS) is 12.4. The molecule has 2 aromatic carbocycles. The van der Waals surface area contributed by atoms with Crippen LogP contribution in [0.3, 0.4) is 0 Å². The highest BCUT2D eigenvalue weighted by molar-refractivity contribution is 7.89. The number of carbonyl (C=O) groups is 1. The minimum atomic E-state index is -3.81. The zero-order valence-electron chi connectivity index (χ0n) is 14.4. The van der Waals surface area contributed by atoms with Gasteiger partial charge in [-0.1, -0.05) is 18.2 Å². The van der Waals surface area contributed by atoms with Crippen LogP contribution in [0.25, 0.3) is 0 Å². The van der Waals surface area contributed by atoms with Crippen LogP contribution in [0, 0.1) is 6.92 Å². The standard InChI is InChI=1S/C18H22N2O4S/c1-4-24-15-9-11-16(12-10-15)25(22,23)20-14(3)18(21)19-17-8-6-5-7-13(17)2/h5-12,14,20H,4H2,1-3H3,(H,19,21)/t14-/m0/s1. The van der Waals surface area contributed by atoms with Crippen molar-refractivity contribution >= 4 is 21.6 Å². The van der Waals surface area contributed by atoms with Crippen LogP contribution in [0.2, 0.25) is 0 Å². The van der Waals surface area contributed by atoms with Gasteiger partial charge in [0.1, 0.15) is 5.75 Å². The van der Waals surface area contributed by atoms with Gasteiger partial charge < -0.3 is 10.1 Å². The van der Waals surface area contributed by atoms with E-state index in [-0.39, 0.29) is 4.90 Å². The Hall–Kier alpha value is -2.38. The second-order valence-electron chi connectivity index (χ2n) is 5.55. The number of para-hydroxylation sites is 1. The van der Waals surface area contributed by atoms with Crippen molar-refractivity contribution in [1.82, 2.24) is 4.72 Å². The number of hydrogen-bond donors (Lipinski definition) is 2. The molecule has 0 saturated carbocycles. The van der Waals surface area contributed by atoms with Gasteiger partial charge in [0.2, 0.25) is 15.9 Å². The van der Waals surface area contributed by atoms with E-state index < -0.39 is 22.0 Å². The van der Waals surface area contributed by atoms with Gasteiger partial charge in [0, 0.05) is 5.69 Å². The van der Waals surface area contributed by atoms with Gasteiger partial charge in [0.15, 0.2) is 0 Å². The fourth-order valence-corrected chi connectivity index (χ4v) is 3.39. The van der Waals surface area contributed by atoms with Crippen molar-refractivity contribution in [3.8, 4) is 5.75 Å². The minimum Gasteiger partial charge on any atom is -0.494 e. The third-order valence-corrected chi connectivity index (χ3v) is 5.13. The molecule has 0 aliphatic rings. The van der Waals surface area contributed by atoms with Crippen molar-refractivity contribution < 1.29 is 17.9 Å². The van der Waals surface area contributed by atoms with Gasteiger partial charge in [-0.25, -0.2) is 8.42 Å². The zero-order chi connectivity index (χ0) is 18.4. The molecule has 2 aromatic rings. The van der Waals surface area contributed by atoms with Gasteiger partial charge in [0.25, 0.3) is 0 Å². The molecule has 25 heavy (non-hydrogen) atoms. The van der Waals surface area contributed by atoms with Crippen LogP contribution in [0.15, 0.2) is 53.4 Å². The van der Waals surface area contributed by atoms with Crippen LogP contribution in [-0.4, -0.2) is 27.0 Å². The maximum atomic E-state index is 12.4. The SMILES string of the molecule is CCOc1ccc(S(=O)(=O)N[C@@H](C)C(=O)Nc2ccccc2C)cc1. The van der Waals surface area contributed by atoms with Gasteiger partial charge >= 0.3 is 0 Å². The van der Waals surface area contributed by atoms with Gasteiger partial charge in [-0.2, -0.15) is 4.72 Å². The Bertz CT molecular complexity index is 832. The lowest BCUT2D eigenvalue weighted by atomic mass is 10.2. The Morgan fingerprint density at radius 2 is 1.76 bits per heavy atom. The largest absolute Gasteiger partial charge is 0.494 e. The topological polar surface area (TPSA) is 84.5 Å². The van der Waals surface area contributed by atoms with E-state index in [4.69, 9.17) is 4.74 Å². The summed E-state index contributed by atoms with van der Waals surface area (Å²) < 4.78 is 32.5. The second kappa shape index (κ2) is 8.13. The summed E-state index contributed by atoms with van der Waals surface area (Å²) in [5, 5.41) is 2.72. The van der Waals surface area contributed by atoms with Crippen molar-refractivity contribution in [3.05, 3.63) is 54.1 Å². The lowest BCUT2D eigenvalue weighted by Crippen LogP contribution is -2.41. The van der Waals surface area contributed by atoms with E-state index in [9.17, 15) is 13.2 Å². The predicted molar refractivity (Wildman–Crippen MR) is 97.2 cm³/mol. The first-order valence-corrected chi connectivity index (χ1v) is 9.43. The summed E-state index contributed by atoms with van der Waals surface area (Å²) in [7, 11) is -3.81. The molecule has 0 aromatic heterocycles. The van der Waals surface area contributed by atoms with E-state index in [0.29, 0.717) is 18.0 Å². The van der Waals surface area contributed by atoms with Crippen molar-refractivity contribution in [2.24, 2.45) is 0 Å². The third-order valence-electron chi connectivity index (χ3n) is 3.57. The summed E-state index contributed by atoms with van der Waals surface area (Å²) in [5.74, 6) is 0.163. The Morgan fingerprint density at radius 1 is 1.12 bits per heavy atom. The van der Waals surface area contributed by atoms with Gasteiger partial charge in [-0.3, -0.25) is 4.79 Å². The third kappa shape index (κ3) is 5.04. The molecule has 0 fully saturated rings. The summed E-state index contributed by atoms with van der Waals surface area (Å²) in [6.07, 6.45) is 0. The molecule has 0 spiro atoms. The van der Waals surface area contributed by atoms with Crippen LogP contribution in [0.5, 0.6) is 5.75 Å². The van der Waals surface area contributed by atoms with E-state index in [0.717, 1.165) is 5.56 Å². The quantitative estimate of drug-likeness (QED) is 0.793. The number of carbonyl (C=O) groups excluding carboxylic acids is 1. The van der Waals surface area contributed by atoms with E-state index in [1.165, 1.54) is 19.1 Å². The Kier molecular flexibility index (Phi) is 6.17. The Balaban J connectivity index is 2.06. The smallest absolute Gasteiger partial charge is 0.242 e. The number of nitrogens with one attached hydrogen (secondary N) is 2. The van der Waals surface area contributed by atoms with Crippen molar-refractivity contribution in [2.45, 2.75) is 31.7 Å². The molecular formula is C18H22N2O4S. The Morgan fingerprint density at radius 3 is 2.36 bits per heavy atom. The van der Waals surface area contributed by atoms with E-state index in [1.54, 1.807) is 24.3 Å². The second-order valence-corrected chi connectivity index (χ2v) is 7.27. The first-order chi connectivity index (χ1) is 11.8. The molecule has 0 unspecified atom stereocenters. The number of sulfonamides is 1. The molecule has 0 radical (unpaired) electrons. The highest BCUT2D eigenvalue weighted by Gasteiger charge is 2.22. The lowest BCUT2D eigenvalue weighted by Gasteiger charge is -2.15. The number of hydrogen-bond acceptors (Lipinski definition) is 4. The minimum absolute atomic E-state index is 0.0755. The molecule has 1 atom stereocenters. The molecule has 7 heteroatoms.